The lowest BCUT2D eigenvalue weighted by molar-refractivity contribution is 0.118. The van der Waals surface area contributed by atoms with Gasteiger partial charge in [0.2, 0.25) is 0 Å². The van der Waals surface area contributed by atoms with Crippen molar-refractivity contribution in [3.8, 4) is 0 Å². The fraction of sp³-hybridized carbons (Fsp3) is 0.765. The summed E-state index contributed by atoms with van der Waals surface area (Å²) in [5.74, 6) is 0.625. The summed E-state index contributed by atoms with van der Waals surface area (Å²) in [5.41, 5.74) is 6.20. The highest BCUT2D eigenvalue weighted by Gasteiger charge is 2.37. The average molecular weight is 426 g/mol. The minimum atomic E-state index is -2.45. The van der Waals surface area contributed by atoms with Gasteiger partial charge in [-0.1, -0.05) is 13.2 Å². The number of rotatable bonds is 15. The Morgan fingerprint density at radius 3 is 1.41 bits per heavy atom. The molecule has 0 aliphatic heterocycles. The van der Waals surface area contributed by atoms with Gasteiger partial charge in [-0.3, -0.25) is 0 Å². The van der Waals surface area contributed by atoms with E-state index in [0.29, 0.717) is 18.9 Å². The molecular formula is C17H39NO7Si2. The molecule has 27 heavy (non-hydrogen) atoms. The largest absolute Gasteiger partial charge is 0.500 e. The quantitative estimate of drug-likeness (QED) is 0.185. The van der Waals surface area contributed by atoms with Gasteiger partial charge in [-0.05, 0) is 31.9 Å². The Bertz CT molecular complexity index is 386. The monoisotopic (exact) mass is 425 g/mol. The molecule has 2 N–H and O–H groups in total. The van der Waals surface area contributed by atoms with Crippen LogP contribution in [0.15, 0.2) is 24.5 Å². The van der Waals surface area contributed by atoms with Gasteiger partial charge in [0.05, 0.1) is 6.61 Å². The van der Waals surface area contributed by atoms with E-state index in [1.54, 1.807) is 42.7 Å². The molecule has 0 aromatic rings. The van der Waals surface area contributed by atoms with Crippen LogP contribution in [0.4, 0.5) is 0 Å². The Labute approximate surface area is 167 Å². The first kappa shape index (κ1) is 28.6. The second-order valence-electron chi connectivity index (χ2n) is 5.64. The zero-order chi connectivity index (χ0) is 21.3. The van der Waals surface area contributed by atoms with E-state index in [-0.39, 0.29) is 0 Å². The molecule has 0 atom stereocenters. The lowest BCUT2D eigenvalue weighted by atomic mass is 10.3. The van der Waals surface area contributed by atoms with Crippen molar-refractivity contribution >= 4 is 17.6 Å². The van der Waals surface area contributed by atoms with Gasteiger partial charge in [0.15, 0.2) is 0 Å². The van der Waals surface area contributed by atoms with Gasteiger partial charge in [-0.2, -0.15) is 0 Å². The minimum absolute atomic E-state index is 0.566. The smallest absolute Gasteiger partial charge is 0.494 e. The van der Waals surface area contributed by atoms with Gasteiger partial charge in [0.1, 0.15) is 5.76 Å². The van der Waals surface area contributed by atoms with Crippen molar-refractivity contribution in [1.29, 1.82) is 0 Å². The molecule has 0 fully saturated rings. The molecule has 0 aliphatic carbocycles. The Hall–Kier alpha value is -0.566. The van der Waals surface area contributed by atoms with Crippen LogP contribution in [0.3, 0.4) is 0 Å². The molecule has 0 heterocycles. The van der Waals surface area contributed by atoms with E-state index in [0.717, 1.165) is 30.5 Å². The number of nitrogens with two attached hydrogens (primary N) is 1. The number of allylic oxidation sites excluding steroid dienone is 1. The first-order valence-corrected chi connectivity index (χ1v) is 12.6. The predicted molar refractivity (Wildman–Crippen MR) is 111 cm³/mol. The fourth-order valence-corrected chi connectivity index (χ4v) is 5.48. The molecule has 0 radical (unpaired) electrons. The van der Waals surface area contributed by atoms with Crippen molar-refractivity contribution in [1.82, 2.24) is 0 Å². The van der Waals surface area contributed by atoms with E-state index in [1.165, 1.54) is 0 Å². The van der Waals surface area contributed by atoms with Crippen molar-refractivity contribution in [3.05, 3.63) is 24.5 Å². The number of ether oxygens (including phenoxy) is 1. The highest BCUT2D eigenvalue weighted by molar-refractivity contribution is 6.60. The van der Waals surface area contributed by atoms with Crippen molar-refractivity contribution < 1.29 is 31.3 Å². The summed E-state index contributed by atoms with van der Waals surface area (Å²) < 4.78 is 36.8. The summed E-state index contributed by atoms with van der Waals surface area (Å²) in [6.07, 6.45) is 1.68. The fourth-order valence-electron chi connectivity index (χ4n) is 2.04. The van der Waals surface area contributed by atoms with Crippen LogP contribution in [0.25, 0.3) is 0 Å². The van der Waals surface area contributed by atoms with Gasteiger partial charge in [0, 0.05) is 54.7 Å². The van der Waals surface area contributed by atoms with E-state index in [1.807, 2.05) is 6.92 Å². The van der Waals surface area contributed by atoms with E-state index in [4.69, 9.17) is 37.0 Å². The van der Waals surface area contributed by atoms with E-state index >= 15 is 0 Å². The zero-order valence-electron chi connectivity index (χ0n) is 18.1. The Balaban J connectivity index is 0. The SMILES string of the molecule is C=C(C)C(=C)OCCC[Si](OC)(OC)OC.CO[Si](CCCN)(OC)OC. The van der Waals surface area contributed by atoms with E-state index < -0.39 is 17.6 Å². The summed E-state index contributed by atoms with van der Waals surface area (Å²) in [7, 11) is 4.87. The second kappa shape index (κ2) is 16.4. The average Bonchev–Trinajstić information content (AvgIpc) is 2.70. The lowest BCUT2D eigenvalue weighted by Crippen LogP contribution is -2.42. The lowest BCUT2D eigenvalue weighted by Gasteiger charge is -2.24. The van der Waals surface area contributed by atoms with Crippen LogP contribution in [0.5, 0.6) is 0 Å². The van der Waals surface area contributed by atoms with Crippen molar-refractivity contribution in [2.45, 2.75) is 31.9 Å². The van der Waals surface area contributed by atoms with Gasteiger partial charge in [0.25, 0.3) is 0 Å². The molecule has 0 saturated heterocycles. The molecule has 162 valence electrons. The molecule has 0 aromatic carbocycles. The van der Waals surface area contributed by atoms with Crippen LogP contribution < -0.4 is 5.73 Å². The Morgan fingerprint density at radius 2 is 1.11 bits per heavy atom. The second-order valence-corrected chi connectivity index (χ2v) is 11.8. The van der Waals surface area contributed by atoms with Crippen LogP contribution in [0.2, 0.25) is 12.1 Å². The van der Waals surface area contributed by atoms with Gasteiger partial charge >= 0.3 is 17.6 Å². The standard InChI is InChI=1S/C11H22O4Si.C6H17NO3Si/c1-10(2)11(3)15-8-7-9-16(12-4,13-5)14-6;1-8-11(9-2,10-3)6-4-5-7/h1,3,7-9H2,2,4-6H3;4-7H2,1-3H3. The van der Waals surface area contributed by atoms with E-state index in [9.17, 15) is 0 Å². The third-order valence-corrected chi connectivity index (χ3v) is 9.60. The maximum atomic E-state index is 5.39. The van der Waals surface area contributed by atoms with Crippen molar-refractivity contribution in [2.24, 2.45) is 5.73 Å². The topological polar surface area (TPSA) is 90.6 Å². The number of hydrogen-bond donors (Lipinski definition) is 1. The Morgan fingerprint density at radius 1 is 0.741 bits per heavy atom. The summed E-state index contributed by atoms with van der Waals surface area (Å²) in [6.45, 7) is 10.6. The molecule has 0 aliphatic rings. The molecule has 0 unspecified atom stereocenters. The maximum absolute atomic E-state index is 5.39. The summed E-state index contributed by atoms with van der Waals surface area (Å²) in [4.78, 5) is 0. The maximum Gasteiger partial charge on any atom is 0.500 e. The van der Waals surface area contributed by atoms with Crippen molar-refractivity contribution in [3.63, 3.8) is 0 Å². The van der Waals surface area contributed by atoms with E-state index in [2.05, 4.69) is 13.2 Å². The molecular weight excluding hydrogens is 386 g/mol. The third kappa shape index (κ3) is 11.8. The van der Waals surface area contributed by atoms with Crippen molar-refractivity contribution in [2.75, 3.05) is 55.8 Å². The molecule has 0 spiro atoms. The summed E-state index contributed by atoms with van der Waals surface area (Å²) in [6, 6.07) is 1.51. The van der Waals surface area contributed by atoms with Gasteiger partial charge in [-0.15, -0.1) is 0 Å². The predicted octanol–water partition coefficient (Wildman–Crippen LogP) is 2.57. The first-order valence-electron chi connectivity index (χ1n) is 8.74. The normalized spacial score (nSPS) is 11.6. The zero-order valence-corrected chi connectivity index (χ0v) is 20.1. The summed E-state index contributed by atoms with van der Waals surface area (Å²) >= 11 is 0. The first-order chi connectivity index (χ1) is 12.8. The highest BCUT2D eigenvalue weighted by Crippen LogP contribution is 2.16. The summed E-state index contributed by atoms with van der Waals surface area (Å²) in [5, 5.41) is 0. The highest BCUT2D eigenvalue weighted by atomic mass is 28.4. The van der Waals surface area contributed by atoms with Crippen LogP contribution in [0.1, 0.15) is 19.8 Å². The Kier molecular flexibility index (Phi) is 17.4. The molecule has 0 bridgehead atoms. The molecule has 8 nitrogen and oxygen atoms in total. The molecule has 0 aromatic heterocycles. The molecule has 0 amide bonds. The van der Waals surface area contributed by atoms with Crippen LogP contribution in [-0.4, -0.2) is 73.4 Å². The molecule has 0 saturated carbocycles. The van der Waals surface area contributed by atoms with Gasteiger partial charge < -0.3 is 37.0 Å². The van der Waals surface area contributed by atoms with Crippen LogP contribution in [0, 0.1) is 0 Å². The molecule has 10 heteroatoms. The minimum Gasteiger partial charge on any atom is -0.494 e. The van der Waals surface area contributed by atoms with Gasteiger partial charge in [-0.25, -0.2) is 0 Å². The van der Waals surface area contributed by atoms with Crippen LogP contribution in [-0.2, 0) is 31.3 Å². The van der Waals surface area contributed by atoms with Crippen LogP contribution >= 0.6 is 0 Å². The molecule has 0 rings (SSSR count). The number of hydrogen-bond acceptors (Lipinski definition) is 8. The third-order valence-electron chi connectivity index (χ3n) is 3.93.